The summed E-state index contributed by atoms with van der Waals surface area (Å²) >= 11 is 1.39. The number of rotatable bonds is 5. The lowest BCUT2D eigenvalue weighted by Crippen LogP contribution is -2.38. The summed E-state index contributed by atoms with van der Waals surface area (Å²) in [4.78, 5) is 14.5. The maximum Gasteiger partial charge on any atom is 0.403 e. The molecule has 4 nitrogen and oxygen atoms in total. The van der Waals surface area contributed by atoms with Crippen LogP contribution in [-0.4, -0.2) is 28.8 Å². The van der Waals surface area contributed by atoms with E-state index in [1.807, 2.05) is 0 Å². The number of halogens is 3. The third-order valence-corrected chi connectivity index (χ3v) is 2.84. The summed E-state index contributed by atoms with van der Waals surface area (Å²) in [5.41, 5.74) is 0.610. The normalized spacial score (nSPS) is 13.6. The van der Waals surface area contributed by atoms with Crippen LogP contribution in [0.5, 0.6) is 0 Å². The van der Waals surface area contributed by atoms with Crippen LogP contribution in [0.3, 0.4) is 0 Å². The van der Waals surface area contributed by atoms with Crippen molar-refractivity contribution in [1.82, 2.24) is 10.3 Å². The molecular formula is C9H11F3N2O2S. The predicted octanol–water partition coefficient (Wildman–Crippen LogP) is 1.80. The molecule has 0 saturated heterocycles. The van der Waals surface area contributed by atoms with Crippen molar-refractivity contribution in [1.29, 1.82) is 0 Å². The number of aromatic nitrogens is 1. The smallest absolute Gasteiger partial charge is 0.403 e. The van der Waals surface area contributed by atoms with Crippen LogP contribution in [-0.2, 0) is 11.3 Å². The lowest BCUT2D eigenvalue weighted by Gasteiger charge is -2.16. The molecule has 0 amide bonds. The zero-order chi connectivity index (χ0) is 13.1. The minimum absolute atomic E-state index is 0.129. The fraction of sp³-hybridized carbons (Fsp3) is 0.556. The van der Waals surface area contributed by atoms with E-state index >= 15 is 0 Å². The molecule has 1 rings (SSSR count). The Morgan fingerprint density at radius 2 is 2.29 bits per heavy atom. The Kier molecular flexibility index (Phi) is 4.47. The summed E-state index contributed by atoms with van der Waals surface area (Å²) in [6, 6.07) is 0. The van der Waals surface area contributed by atoms with Gasteiger partial charge in [0.1, 0.15) is 0 Å². The van der Waals surface area contributed by atoms with Gasteiger partial charge in [-0.25, -0.2) is 4.98 Å². The van der Waals surface area contributed by atoms with E-state index in [0.29, 0.717) is 5.69 Å². The topological polar surface area (TPSA) is 62.2 Å². The van der Waals surface area contributed by atoms with Gasteiger partial charge in [-0.3, -0.25) is 4.79 Å². The van der Waals surface area contributed by atoms with E-state index in [-0.39, 0.29) is 6.54 Å². The number of carboxylic acids is 1. The number of hydrogen-bond donors (Lipinski definition) is 2. The number of aryl methyl sites for hydroxylation is 1. The molecule has 0 aromatic carbocycles. The highest BCUT2D eigenvalue weighted by atomic mass is 32.1. The van der Waals surface area contributed by atoms with E-state index in [1.54, 1.807) is 12.3 Å². The number of nitrogens with one attached hydrogen (secondary N) is 1. The standard InChI is InChI=1S/C9H11F3N2O2S/c1-5-14-6(4-17-5)2-13-3-7(8(15)16)9(10,11)12/h4,7,13H,2-3H2,1H3,(H,15,16). The van der Waals surface area contributed by atoms with E-state index in [4.69, 9.17) is 5.11 Å². The van der Waals surface area contributed by atoms with Gasteiger partial charge in [0.15, 0.2) is 5.92 Å². The van der Waals surface area contributed by atoms with Crippen LogP contribution in [0, 0.1) is 12.8 Å². The second-order valence-corrected chi connectivity index (χ2v) is 4.48. The summed E-state index contributed by atoms with van der Waals surface area (Å²) in [6.45, 7) is 1.25. The summed E-state index contributed by atoms with van der Waals surface area (Å²) in [6.07, 6.45) is -4.74. The number of aliphatic carboxylic acids is 1. The van der Waals surface area contributed by atoms with Crippen LogP contribution >= 0.6 is 11.3 Å². The molecule has 1 heterocycles. The van der Waals surface area contributed by atoms with Crippen molar-refractivity contribution in [2.75, 3.05) is 6.54 Å². The lowest BCUT2D eigenvalue weighted by molar-refractivity contribution is -0.192. The van der Waals surface area contributed by atoms with Gasteiger partial charge in [-0.15, -0.1) is 11.3 Å². The van der Waals surface area contributed by atoms with Crippen LogP contribution in [0.1, 0.15) is 10.7 Å². The van der Waals surface area contributed by atoms with Gasteiger partial charge in [-0.1, -0.05) is 0 Å². The first-order valence-electron chi connectivity index (χ1n) is 4.72. The van der Waals surface area contributed by atoms with Crippen LogP contribution in [0.25, 0.3) is 0 Å². The minimum Gasteiger partial charge on any atom is -0.481 e. The average Bonchev–Trinajstić information content (AvgIpc) is 2.56. The summed E-state index contributed by atoms with van der Waals surface area (Å²) in [5.74, 6) is -4.26. The van der Waals surface area contributed by atoms with E-state index in [2.05, 4.69) is 10.3 Å². The van der Waals surface area contributed by atoms with Crippen molar-refractivity contribution in [2.45, 2.75) is 19.6 Å². The van der Waals surface area contributed by atoms with Crippen LogP contribution in [0.4, 0.5) is 13.2 Å². The van der Waals surface area contributed by atoms with E-state index in [9.17, 15) is 18.0 Å². The van der Waals surface area contributed by atoms with Crippen molar-refractivity contribution in [3.63, 3.8) is 0 Å². The summed E-state index contributed by atoms with van der Waals surface area (Å²) in [5, 5.41) is 13.4. The molecule has 0 bridgehead atoms. The van der Waals surface area contributed by atoms with Crippen molar-refractivity contribution >= 4 is 17.3 Å². The molecule has 0 aliphatic carbocycles. The van der Waals surface area contributed by atoms with Crippen LogP contribution in [0.15, 0.2) is 5.38 Å². The van der Waals surface area contributed by atoms with Gasteiger partial charge in [0.05, 0.1) is 10.7 Å². The van der Waals surface area contributed by atoms with Crippen molar-refractivity contribution in [3.05, 3.63) is 16.1 Å². The van der Waals surface area contributed by atoms with Crippen molar-refractivity contribution in [3.8, 4) is 0 Å². The third kappa shape index (κ3) is 4.31. The average molecular weight is 268 g/mol. The highest BCUT2D eigenvalue weighted by molar-refractivity contribution is 7.09. The molecule has 96 valence electrons. The van der Waals surface area contributed by atoms with Crippen molar-refractivity contribution in [2.24, 2.45) is 5.92 Å². The second-order valence-electron chi connectivity index (χ2n) is 3.42. The molecule has 0 aliphatic rings. The van der Waals surface area contributed by atoms with E-state index in [1.165, 1.54) is 11.3 Å². The Morgan fingerprint density at radius 1 is 1.65 bits per heavy atom. The highest BCUT2D eigenvalue weighted by Gasteiger charge is 2.44. The number of thiazole rings is 1. The first-order valence-corrected chi connectivity index (χ1v) is 5.60. The molecule has 1 atom stereocenters. The maximum atomic E-state index is 12.3. The van der Waals surface area contributed by atoms with Crippen LogP contribution < -0.4 is 5.32 Å². The molecule has 0 fully saturated rings. The largest absolute Gasteiger partial charge is 0.481 e. The van der Waals surface area contributed by atoms with Gasteiger partial charge in [0.2, 0.25) is 0 Å². The molecule has 0 radical (unpaired) electrons. The Bertz CT molecular complexity index is 392. The molecule has 8 heteroatoms. The number of carboxylic acid groups (broad SMARTS) is 1. The zero-order valence-corrected chi connectivity index (χ0v) is 9.73. The number of carbonyl (C=O) groups is 1. The predicted molar refractivity (Wildman–Crippen MR) is 55.7 cm³/mol. The van der Waals surface area contributed by atoms with E-state index < -0.39 is 24.6 Å². The van der Waals surface area contributed by atoms with Gasteiger partial charge in [-0.2, -0.15) is 13.2 Å². The molecule has 0 aliphatic heterocycles. The first-order chi connectivity index (χ1) is 7.80. The maximum absolute atomic E-state index is 12.3. The molecule has 1 aromatic rings. The van der Waals surface area contributed by atoms with Crippen LogP contribution in [0.2, 0.25) is 0 Å². The molecule has 2 N–H and O–H groups in total. The van der Waals surface area contributed by atoms with Gasteiger partial charge < -0.3 is 10.4 Å². The quantitative estimate of drug-likeness (QED) is 0.855. The molecular weight excluding hydrogens is 257 g/mol. The number of nitrogens with zero attached hydrogens (tertiary/aromatic N) is 1. The number of hydrogen-bond acceptors (Lipinski definition) is 4. The fourth-order valence-corrected chi connectivity index (χ4v) is 1.79. The van der Waals surface area contributed by atoms with Crippen molar-refractivity contribution < 1.29 is 23.1 Å². The molecule has 1 unspecified atom stereocenters. The Hall–Kier alpha value is -1.15. The SMILES string of the molecule is Cc1nc(CNCC(C(=O)O)C(F)(F)F)cs1. The van der Waals surface area contributed by atoms with Gasteiger partial charge in [0, 0.05) is 18.5 Å². The first kappa shape index (κ1) is 13.9. The molecule has 0 spiro atoms. The van der Waals surface area contributed by atoms with E-state index in [0.717, 1.165) is 5.01 Å². The summed E-state index contributed by atoms with van der Waals surface area (Å²) < 4.78 is 36.8. The number of alkyl halides is 3. The Labute approximate surface area is 99.5 Å². The Balaban J connectivity index is 2.46. The molecule has 0 saturated carbocycles. The van der Waals surface area contributed by atoms with Gasteiger partial charge >= 0.3 is 12.1 Å². The molecule has 1 aromatic heterocycles. The molecule has 17 heavy (non-hydrogen) atoms. The second kappa shape index (κ2) is 5.46. The van der Waals surface area contributed by atoms with Gasteiger partial charge in [-0.05, 0) is 6.92 Å². The fourth-order valence-electron chi connectivity index (χ4n) is 1.18. The Morgan fingerprint density at radius 3 is 2.71 bits per heavy atom. The monoisotopic (exact) mass is 268 g/mol. The van der Waals surface area contributed by atoms with Gasteiger partial charge in [0.25, 0.3) is 0 Å². The zero-order valence-electron chi connectivity index (χ0n) is 8.91. The lowest BCUT2D eigenvalue weighted by atomic mass is 10.1. The summed E-state index contributed by atoms with van der Waals surface area (Å²) in [7, 11) is 0. The third-order valence-electron chi connectivity index (χ3n) is 2.01. The highest BCUT2D eigenvalue weighted by Crippen LogP contribution is 2.25. The minimum atomic E-state index is -4.74.